The van der Waals surface area contributed by atoms with Crippen LogP contribution in [0.5, 0.6) is 0 Å². The summed E-state index contributed by atoms with van der Waals surface area (Å²) in [5.74, 6) is -1.00. The molecule has 102 valence electrons. The predicted octanol–water partition coefficient (Wildman–Crippen LogP) is 1.93. The van der Waals surface area contributed by atoms with Crippen LogP contribution in [0.3, 0.4) is 0 Å². The first kappa shape index (κ1) is 11.6. The maximum absolute atomic E-state index is 6.14. The number of rotatable bonds is 0. The number of fused-ring (bicyclic) bond motifs is 5. The van der Waals surface area contributed by atoms with E-state index in [0.717, 1.165) is 12.8 Å². The Morgan fingerprint density at radius 2 is 1.39 bits per heavy atom. The second-order valence-electron chi connectivity index (χ2n) is 6.82. The minimum Gasteiger partial charge on any atom is -0.343 e. The lowest BCUT2D eigenvalue weighted by Crippen LogP contribution is -2.63. The second kappa shape index (κ2) is 3.11. The average molecular weight is 254 g/mol. The maximum Gasteiger partial charge on any atom is 0.230 e. The molecule has 4 fully saturated rings. The van der Waals surface area contributed by atoms with Crippen LogP contribution in [0.15, 0.2) is 0 Å². The highest BCUT2D eigenvalue weighted by atomic mass is 16.8. The Labute approximate surface area is 108 Å². The summed E-state index contributed by atoms with van der Waals surface area (Å²) in [6, 6.07) is 0. The van der Waals surface area contributed by atoms with Gasteiger partial charge < -0.3 is 18.9 Å². The van der Waals surface area contributed by atoms with E-state index >= 15 is 0 Å². The number of hydrogen-bond acceptors (Lipinski definition) is 4. The molecule has 0 radical (unpaired) electrons. The zero-order valence-electron chi connectivity index (χ0n) is 11.5. The van der Waals surface area contributed by atoms with Crippen molar-refractivity contribution in [3.8, 4) is 0 Å². The molecule has 0 aromatic rings. The molecule has 18 heavy (non-hydrogen) atoms. The highest BCUT2D eigenvalue weighted by Gasteiger charge is 2.85. The van der Waals surface area contributed by atoms with Gasteiger partial charge in [-0.2, -0.15) is 0 Å². The fourth-order valence-corrected chi connectivity index (χ4v) is 5.12. The Morgan fingerprint density at radius 1 is 0.833 bits per heavy atom. The van der Waals surface area contributed by atoms with Gasteiger partial charge in [0.25, 0.3) is 0 Å². The van der Waals surface area contributed by atoms with Crippen molar-refractivity contribution in [3.63, 3.8) is 0 Å². The van der Waals surface area contributed by atoms with E-state index in [1.807, 2.05) is 0 Å². The fraction of sp³-hybridized carbons (Fsp3) is 1.00. The van der Waals surface area contributed by atoms with Crippen molar-refractivity contribution >= 4 is 0 Å². The van der Waals surface area contributed by atoms with E-state index in [-0.39, 0.29) is 10.8 Å². The van der Waals surface area contributed by atoms with Crippen LogP contribution in [-0.4, -0.2) is 38.0 Å². The monoisotopic (exact) mass is 254 g/mol. The van der Waals surface area contributed by atoms with Gasteiger partial charge in [0.1, 0.15) is 0 Å². The Balaban J connectivity index is 1.93. The lowest BCUT2D eigenvalue weighted by Gasteiger charge is -2.49. The van der Waals surface area contributed by atoms with Crippen LogP contribution in [0, 0.1) is 16.7 Å². The summed E-state index contributed by atoms with van der Waals surface area (Å²) in [5, 5.41) is 0. The van der Waals surface area contributed by atoms with Crippen LogP contribution in [-0.2, 0) is 18.9 Å². The van der Waals surface area contributed by atoms with Crippen LogP contribution in [0.2, 0.25) is 0 Å². The SMILES string of the molecule is CC1(C)C2CCC1(C)C1(OCCO1)C21OCCO1. The summed E-state index contributed by atoms with van der Waals surface area (Å²) in [6.45, 7) is 9.51. The van der Waals surface area contributed by atoms with Gasteiger partial charge in [-0.25, -0.2) is 0 Å². The topological polar surface area (TPSA) is 36.9 Å². The van der Waals surface area contributed by atoms with Crippen molar-refractivity contribution < 1.29 is 18.9 Å². The van der Waals surface area contributed by atoms with E-state index in [9.17, 15) is 0 Å². The first-order valence-electron chi connectivity index (χ1n) is 7.06. The molecular weight excluding hydrogens is 232 g/mol. The molecule has 2 unspecified atom stereocenters. The lowest BCUT2D eigenvalue weighted by molar-refractivity contribution is -0.381. The van der Waals surface area contributed by atoms with Crippen LogP contribution < -0.4 is 0 Å². The third-order valence-corrected chi connectivity index (χ3v) is 6.28. The molecule has 4 rings (SSSR count). The van der Waals surface area contributed by atoms with Gasteiger partial charge in [-0.3, -0.25) is 0 Å². The normalized spacial score (nSPS) is 46.5. The second-order valence-corrected chi connectivity index (χ2v) is 6.82. The minimum atomic E-state index is -0.692. The van der Waals surface area contributed by atoms with Crippen LogP contribution in [0.1, 0.15) is 33.6 Å². The van der Waals surface area contributed by atoms with E-state index in [4.69, 9.17) is 18.9 Å². The third kappa shape index (κ3) is 0.883. The molecule has 2 aliphatic heterocycles. The molecule has 4 aliphatic rings. The van der Waals surface area contributed by atoms with Crippen molar-refractivity contribution in [1.82, 2.24) is 0 Å². The lowest BCUT2D eigenvalue weighted by atomic mass is 9.68. The Morgan fingerprint density at radius 3 is 2.00 bits per heavy atom. The number of hydrogen-bond donors (Lipinski definition) is 0. The van der Waals surface area contributed by atoms with Gasteiger partial charge in [0.15, 0.2) is 0 Å². The first-order valence-corrected chi connectivity index (χ1v) is 7.06. The zero-order valence-corrected chi connectivity index (χ0v) is 11.5. The van der Waals surface area contributed by atoms with Gasteiger partial charge in [-0.05, 0) is 18.3 Å². The molecule has 0 aromatic carbocycles. The zero-order chi connectivity index (χ0) is 12.6. The van der Waals surface area contributed by atoms with Gasteiger partial charge >= 0.3 is 0 Å². The molecule has 2 atom stereocenters. The average Bonchev–Trinajstić information content (AvgIpc) is 3.00. The highest BCUT2D eigenvalue weighted by Crippen LogP contribution is 2.76. The molecule has 4 heteroatoms. The molecule has 2 aliphatic carbocycles. The molecule has 2 saturated carbocycles. The summed E-state index contributed by atoms with van der Waals surface area (Å²) >= 11 is 0. The largest absolute Gasteiger partial charge is 0.343 e. The molecule has 2 bridgehead atoms. The molecule has 2 heterocycles. The van der Waals surface area contributed by atoms with E-state index < -0.39 is 11.6 Å². The van der Waals surface area contributed by atoms with Crippen LogP contribution in [0.25, 0.3) is 0 Å². The van der Waals surface area contributed by atoms with Crippen molar-refractivity contribution in [3.05, 3.63) is 0 Å². The van der Waals surface area contributed by atoms with Gasteiger partial charge in [0.2, 0.25) is 11.6 Å². The van der Waals surface area contributed by atoms with E-state index in [2.05, 4.69) is 20.8 Å². The third-order valence-electron chi connectivity index (χ3n) is 6.28. The maximum atomic E-state index is 6.14. The smallest absolute Gasteiger partial charge is 0.230 e. The predicted molar refractivity (Wildman–Crippen MR) is 63.9 cm³/mol. The summed E-state index contributed by atoms with van der Waals surface area (Å²) in [5.41, 5.74) is 0.0766. The fourth-order valence-electron chi connectivity index (χ4n) is 5.12. The number of ether oxygens (including phenoxy) is 4. The highest BCUT2D eigenvalue weighted by molar-refractivity contribution is 5.25. The first-order chi connectivity index (χ1) is 8.50. The Bertz CT molecular complexity index is 379. The molecule has 0 amide bonds. The van der Waals surface area contributed by atoms with Gasteiger partial charge in [-0.1, -0.05) is 20.8 Å². The summed E-state index contributed by atoms with van der Waals surface area (Å²) in [6.07, 6.45) is 2.26. The summed E-state index contributed by atoms with van der Waals surface area (Å²) in [4.78, 5) is 0. The quantitative estimate of drug-likeness (QED) is 0.662. The van der Waals surface area contributed by atoms with E-state index in [1.165, 1.54) is 0 Å². The molecule has 0 aromatic heterocycles. The van der Waals surface area contributed by atoms with E-state index in [0.29, 0.717) is 32.3 Å². The van der Waals surface area contributed by atoms with Gasteiger partial charge in [-0.15, -0.1) is 0 Å². The Kier molecular flexibility index (Phi) is 2.01. The summed E-state index contributed by atoms with van der Waals surface area (Å²) < 4.78 is 24.5. The van der Waals surface area contributed by atoms with E-state index in [1.54, 1.807) is 0 Å². The molecular formula is C14H22O4. The summed E-state index contributed by atoms with van der Waals surface area (Å²) in [7, 11) is 0. The molecule has 2 saturated heterocycles. The van der Waals surface area contributed by atoms with Crippen molar-refractivity contribution in [2.75, 3.05) is 26.4 Å². The van der Waals surface area contributed by atoms with Crippen LogP contribution >= 0.6 is 0 Å². The molecule has 4 nitrogen and oxygen atoms in total. The van der Waals surface area contributed by atoms with Crippen LogP contribution in [0.4, 0.5) is 0 Å². The molecule has 0 N–H and O–H groups in total. The van der Waals surface area contributed by atoms with Gasteiger partial charge in [0, 0.05) is 11.3 Å². The standard InChI is InChI=1S/C14H22O4/c1-11(2)10-4-5-12(11,3)14(17-8-9-18-14)13(10)15-6-7-16-13/h10H,4-9H2,1-3H3. The van der Waals surface area contributed by atoms with Crippen molar-refractivity contribution in [1.29, 1.82) is 0 Å². The van der Waals surface area contributed by atoms with Gasteiger partial charge in [0.05, 0.1) is 26.4 Å². The molecule has 2 spiro atoms. The Hall–Kier alpha value is -0.160. The van der Waals surface area contributed by atoms with Crippen molar-refractivity contribution in [2.45, 2.75) is 45.2 Å². The van der Waals surface area contributed by atoms with Crippen molar-refractivity contribution in [2.24, 2.45) is 16.7 Å². The minimum absolute atomic E-state index is 0.0362.